The van der Waals surface area contributed by atoms with E-state index in [9.17, 15) is 9.18 Å². The SMILES string of the molecule is Cc1ccc(OCCCC(=O)Nc2nc(-c3ccc(F)cc3)c(C)s2)c(Br)c1. The Kier molecular flexibility index (Phi) is 6.80. The predicted octanol–water partition coefficient (Wildman–Crippen LogP) is 6.13. The molecule has 0 atom stereocenters. The summed E-state index contributed by atoms with van der Waals surface area (Å²) in [6, 6.07) is 12.1. The number of nitrogens with zero attached hydrogens (tertiary/aromatic N) is 1. The zero-order valence-corrected chi connectivity index (χ0v) is 18.0. The number of aryl methyl sites for hydroxylation is 2. The van der Waals surface area contributed by atoms with E-state index in [-0.39, 0.29) is 11.7 Å². The Labute approximate surface area is 175 Å². The normalized spacial score (nSPS) is 10.7. The zero-order chi connectivity index (χ0) is 20.1. The minimum absolute atomic E-state index is 0.106. The lowest BCUT2D eigenvalue weighted by Crippen LogP contribution is -2.12. The highest BCUT2D eigenvalue weighted by molar-refractivity contribution is 9.10. The molecule has 146 valence electrons. The fourth-order valence-corrected chi connectivity index (χ4v) is 4.10. The van der Waals surface area contributed by atoms with Crippen LogP contribution in [-0.2, 0) is 4.79 Å². The van der Waals surface area contributed by atoms with E-state index in [0.29, 0.717) is 24.6 Å². The van der Waals surface area contributed by atoms with Crippen LogP contribution in [0.3, 0.4) is 0 Å². The lowest BCUT2D eigenvalue weighted by atomic mass is 10.1. The maximum Gasteiger partial charge on any atom is 0.226 e. The Hall–Kier alpha value is -2.25. The molecule has 1 amide bonds. The van der Waals surface area contributed by atoms with Crippen LogP contribution in [0.1, 0.15) is 23.3 Å². The number of hydrogen-bond acceptors (Lipinski definition) is 4. The molecule has 0 saturated carbocycles. The van der Waals surface area contributed by atoms with E-state index in [1.54, 1.807) is 12.1 Å². The number of carbonyl (C=O) groups is 1. The Morgan fingerprint density at radius 2 is 1.96 bits per heavy atom. The second-order valence-electron chi connectivity index (χ2n) is 6.36. The maximum absolute atomic E-state index is 13.1. The highest BCUT2D eigenvalue weighted by Crippen LogP contribution is 2.30. The van der Waals surface area contributed by atoms with Gasteiger partial charge >= 0.3 is 0 Å². The van der Waals surface area contributed by atoms with Gasteiger partial charge < -0.3 is 10.1 Å². The molecule has 0 spiro atoms. The molecule has 0 unspecified atom stereocenters. The van der Waals surface area contributed by atoms with Gasteiger partial charge in [0.15, 0.2) is 5.13 Å². The molecule has 0 aliphatic rings. The van der Waals surface area contributed by atoms with Gasteiger partial charge in [-0.15, -0.1) is 11.3 Å². The molecule has 2 aromatic carbocycles. The van der Waals surface area contributed by atoms with E-state index in [0.717, 1.165) is 31.9 Å². The largest absolute Gasteiger partial charge is 0.492 e. The molecule has 0 aliphatic heterocycles. The van der Waals surface area contributed by atoms with Crippen LogP contribution in [0.25, 0.3) is 11.3 Å². The zero-order valence-electron chi connectivity index (χ0n) is 15.6. The monoisotopic (exact) mass is 462 g/mol. The van der Waals surface area contributed by atoms with Gasteiger partial charge in [0.05, 0.1) is 16.8 Å². The van der Waals surface area contributed by atoms with Crippen LogP contribution in [-0.4, -0.2) is 17.5 Å². The van der Waals surface area contributed by atoms with E-state index < -0.39 is 0 Å². The van der Waals surface area contributed by atoms with Crippen LogP contribution in [0.5, 0.6) is 5.75 Å². The molecule has 28 heavy (non-hydrogen) atoms. The predicted molar refractivity (Wildman–Crippen MR) is 114 cm³/mol. The van der Waals surface area contributed by atoms with Crippen molar-refractivity contribution in [3.8, 4) is 17.0 Å². The van der Waals surface area contributed by atoms with Crippen LogP contribution in [0.15, 0.2) is 46.9 Å². The Balaban J connectivity index is 1.50. The van der Waals surface area contributed by atoms with Crippen molar-refractivity contribution in [1.82, 2.24) is 4.98 Å². The fraction of sp³-hybridized carbons (Fsp3) is 0.238. The average molecular weight is 463 g/mol. The van der Waals surface area contributed by atoms with Crippen molar-refractivity contribution in [2.45, 2.75) is 26.7 Å². The molecule has 0 aliphatic carbocycles. The van der Waals surface area contributed by atoms with E-state index in [2.05, 4.69) is 26.2 Å². The summed E-state index contributed by atoms with van der Waals surface area (Å²) in [5.41, 5.74) is 2.73. The number of nitrogens with one attached hydrogen (secondary N) is 1. The summed E-state index contributed by atoms with van der Waals surface area (Å²) in [5.74, 6) is 0.376. The second kappa shape index (κ2) is 9.30. The number of aromatic nitrogens is 1. The number of halogens is 2. The lowest BCUT2D eigenvalue weighted by Gasteiger charge is -2.08. The average Bonchev–Trinajstić information content (AvgIpc) is 3.01. The van der Waals surface area contributed by atoms with Gasteiger partial charge in [-0.1, -0.05) is 6.07 Å². The molecule has 3 rings (SSSR count). The summed E-state index contributed by atoms with van der Waals surface area (Å²) >= 11 is 4.88. The first-order valence-corrected chi connectivity index (χ1v) is 10.5. The third-order valence-electron chi connectivity index (χ3n) is 4.05. The quantitative estimate of drug-likeness (QED) is 0.429. The third kappa shape index (κ3) is 5.39. The number of hydrogen-bond donors (Lipinski definition) is 1. The minimum Gasteiger partial charge on any atom is -0.492 e. The maximum atomic E-state index is 13.1. The van der Waals surface area contributed by atoms with Crippen LogP contribution in [0.4, 0.5) is 9.52 Å². The van der Waals surface area contributed by atoms with Crippen LogP contribution >= 0.6 is 27.3 Å². The molecule has 1 heterocycles. The third-order valence-corrected chi connectivity index (χ3v) is 5.56. The van der Waals surface area contributed by atoms with Crippen LogP contribution < -0.4 is 10.1 Å². The van der Waals surface area contributed by atoms with Crippen molar-refractivity contribution in [2.75, 3.05) is 11.9 Å². The van der Waals surface area contributed by atoms with Crippen LogP contribution in [0, 0.1) is 19.7 Å². The summed E-state index contributed by atoms with van der Waals surface area (Å²) < 4.78 is 19.7. The number of carbonyl (C=O) groups excluding carboxylic acids is 1. The first-order valence-electron chi connectivity index (χ1n) is 8.84. The number of rotatable bonds is 7. The minimum atomic E-state index is -0.287. The van der Waals surface area contributed by atoms with E-state index in [1.807, 2.05) is 32.0 Å². The number of ether oxygens (including phenoxy) is 1. The fourth-order valence-electron chi connectivity index (χ4n) is 2.65. The molecule has 0 fully saturated rings. The molecular formula is C21H20BrFN2O2S. The van der Waals surface area contributed by atoms with Crippen molar-refractivity contribution in [2.24, 2.45) is 0 Å². The van der Waals surface area contributed by atoms with E-state index >= 15 is 0 Å². The van der Waals surface area contributed by atoms with Crippen molar-refractivity contribution in [3.63, 3.8) is 0 Å². The molecule has 1 N–H and O–H groups in total. The Morgan fingerprint density at radius 3 is 2.68 bits per heavy atom. The van der Waals surface area contributed by atoms with Crippen molar-refractivity contribution < 1.29 is 13.9 Å². The number of thiazole rings is 1. The van der Waals surface area contributed by atoms with Gasteiger partial charge in [0.25, 0.3) is 0 Å². The van der Waals surface area contributed by atoms with Gasteiger partial charge in [-0.3, -0.25) is 4.79 Å². The standard InChI is InChI=1S/C21H20BrFN2O2S/c1-13-5-10-18(17(22)12-13)27-11-3-4-19(26)24-21-25-20(14(2)28-21)15-6-8-16(23)9-7-15/h5-10,12H,3-4,11H2,1-2H3,(H,24,25,26). The van der Waals surface area contributed by atoms with Crippen molar-refractivity contribution in [1.29, 1.82) is 0 Å². The summed E-state index contributed by atoms with van der Waals surface area (Å²) in [6.07, 6.45) is 0.940. The number of anilines is 1. The number of benzene rings is 2. The van der Waals surface area contributed by atoms with Gasteiger partial charge in [-0.2, -0.15) is 0 Å². The Morgan fingerprint density at radius 1 is 1.21 bits per heavy atom. The first kappa shape index (κ1) is 20.5. The molecule has 7 heteroatoms. The lowest BCUT2D eigenvalue weighted by molar-refractivity contribution is -0.116. The first-order chi connectivity index (χ1) is 13.4. The molecule has 0 radical (unpaired) electrons. The molecule has 3 aromatic rings. The molecular weight excluding hydrogens is 443 g/mol. The highest BCUT2D eigenvalue weighted by Gasteiger charge is 2.12. The van der Waals surface area contributed by atoms with E-state index in [1.165, 1.54) is 23.5 Å². The summed E-state index contributed by atoms with van der Waals surface area (Å²) in [7, 11) is 0. The van der Waals surface area contributed by atoms with Gasteiger partial charge in [0.2, 0.25) is 5.91 Å². The Bertz CT molecular complexity index is 973. The van der Waals surface area contributed by atoms with Gasteiger partial charge in [0, 0.05) is 16.9 Å². The molecule has 4 nitrogen and oxygen atoms in total. The van der Waals surface area contributed by atoms with Crippen molar-refractivity contribution >= 4 is 38.3 Å². The molecule has 0 saturated heterocycles. The van der Waals surface area contributed by atoms with Crippen molar-refractivity contribution in [3.05, 3.63) is 63.2 Å². The second-order valence-corrected chi connectivity index (χ2v) is 8.42. The number of amides is 1. The van der Waals surface area contributed by atoms with Gasteiger partial charge in [-0.25, -0.2) is 9.37 Å². The molecule has 0 bridgehead atoms. The van der Waals surface area contributed by atoms with Gasteiger partial charge in [-0.05, 0) is 78.2 Å². The summed E-state index contributed by atoms with van der Waals surface area (Å²) in [6.45, 7) is 4.40. The topological polar surface area (TPSA) is 51.2 Å². The highest BCUT2D eigenvalue weighted by atomic mass is 79.9. The smallest absolute Gasteiger partial charge is 0.226 e. The molecule has 1 aromatic heterocycles. The van der Waals surface area contributed by atoms with E-state index in [4.69, 9.17) is 4.74 Å². The summed E-state index contributed by atoms with van der Waals surface area (Å²) in [4.78, 5) is 17.6. The van der Waals surface area contributed by atoms with Gasteiger partial charge in [0.1, 0.15) is 11.6 Å². The summed E-state index contributed by atoms with van der Waals surface area (Å²) in [5, 5.41) is 3.38. The van der Waals surface area contributed by atoms with Crippen LogP contribution in [0.2, 0.25) is 0 Å².